The molecule has 2 aromatic carbocycles. The van der Waals surface area contributed by atoms with E-state index in [1.165, 1.54) is 17.7 Å². The van der Waals surface area contributed by atoms with E-state index in [2.05, 4.69) is 24.4 Å². The van der Waals surface area contributed by atoms with Crippen molar-refractivity contribution in [3.8, 4) is 5.75 Å². The fourth-order valence-electron chi connectivity index (χ4n) is 2.34. The third-order valence-corrected chi connectivity index (χ3v) is 3.50. The maximum atomic E-state index is 12.9. The zero-order valence-electron chi connectivity index (χ0n) is 12.6. The van der Waals surface area contributed by atoms with E-state index in [-0.39, 0.29) is 5.82 Å². The zero-order valence-corrected chi connectivity index (χ0v) is 12.6. The van der Waals surface area contributed by atoms with E-state index in [0.717, 1.165) is 30.7 Å². The van der Waals surface area contributed by atoms with Gasteiger partial charge in [0.05, 0.1) is 7.11 Å². The highest BCUT2D eigenvalue weighted by atomic mass is 19.1. The highest BCUT2D eigenvalue weighted by Gasteiger charge is 2.03. The van der Waals surface area contributed by atoms with Crippen molar-refractivity contribution in [1.29, 1.82) is 0 Å². The summed E-state index contributed by atoms with van der Waals surface area (Å²) in [6.45, 7) is 3.06. The summed E-state index contributed by atoms with van der Waals surface area (Å²) in [5.41, 5.74) is 2.41. The minimum absolute atomic E-state index is 0.183. The van der Waals surface area contributed by atoms with Crippen LogP contribution < -0.4 is 10.1 Å². The molecule has 21 heavy (non-hydrogen) atoms. The molecular formula is C18H22FNO. The normalized spacial score (nSPS) is 12.1. The molecule has 0 spiro atoms. The van der Waals surface area contributed by atoms with Crippen molar-refractivity contribution in [2.75, 3.05) is 13.7 Å². The number of ether oxygens (including phenoxy) is 1. The van der Waals surface area contributed by atoms with Gasteiger partial charge in [-0.05, 0) is 61.7 Å². The Labute approximate surface area is 126 Å². The third-order valence-electron chi connectivity index (χ3n) is 3.50. The summed E-state index contributed by atoms with van der Waals surface area (Å²) in [6, 6.07) is 15.2. The summed E-state index contributed by atoms with van der Waals surface area (Å²) in [5.74, 6) is 0.712. The molecule has 0 radical (unpaired) electrons. The quantitative estimate of drug-likeness (QED) is 0.840. The lowest BCUT2D eigenvalue weighted by Gasteiger charge is -2.14. The standard InChI is InChI=1S/C18H22FNO/c1-14(12-16-6-8-17(19)9-7-16)20-11-10-15-4-3-5-18(13-15)21-2/h3-9,13-14,20H,10-12H2,1-2H3. The molecule has 0 amide bonds. The van der Waals surface area contributed by atoms with Crippen LogP contribution in [-0.2, 0) is 12.8 Å². The van der Waals surface area contributed by atoms with Crippen LogP contribution in [-0.4, -0.2) is 19.7 Å². The van der Waals surface area contributed by atoms with Crippen LogP contribution in [0.5, 0.6) is 5.75 Å². The first kappa shape index (κ1) is 15.5. The van der Waals surface area contributed by atoms with Gasteiger partial charge in [0.2, 0.25) is 0 Å². The Kier molecular flexibility index (Phi) is 5.76. The van der Waals surface area contributed by atoms with Gasteiger partial charge in [0.15, 0.2) is 0 Å². The Balaban J connectivity index is 1.76. The summed E-state index contributed by atoms with van der Waals surface area (Å²) in [6.07, 6.45) is 1.86. The van der Waals surface area contributed by atoms with Gasteiger partial charge in [0.1, 0.15) is 11.6 Å². The van der Waals surface area contributed by atoms with Gasteiger partial charge < -0.3 is 10.1 Å². The van der Waals surface area contributed by atoms with E-state index < -0.39 is 0 Å². The van der Waals surface area contributed by atoms with Crippen molar-refractivity contribution in [3.63, 3.8) is 0 Å². The monoisotopic (exact) mass is 287 g/mol. The van der Waals surface area contributed by atoms with E-state index in [1.54, 1.807) is 7.11 Å². The van der Waals surface area contributed by atoms with Gasteiger partial charge in [-0.1, -0.05) is 24.3 Å². The van der Waals surface area contributed by atoms with E-state index in [1.807, 2.05) is 24.3 Å². The topological polar surface area (TPSA) is 21.3 Å². The van der Waals surface area contributed by atoms with E-state index in [4.69, 9.17) is 4.74 Å². The number of hydrogen-bond acceptors (Lipinski definition) is 2. The molecule has 1 atom stereocenters. The first-order valence-corrected chi connectivity index (χ1v) is 7.28. The second-order valence-electron chi connectivity index (χ2n) is 5.29. The number of hydrogen-bond donors (Lipinski definition) is 1. The highest BCUT2D eigenvalue weighted by Crippen LogP contribution is 2.12. The van der Waals surface area contributed by atoms with Gasteiger partial charge in [0.25, 0.3) is 0 Å². The molecule has 0 aliphatic rings. The van der Waals surface area contributed by atoms with Crippen molar-refractivity contribution in [2.24, 2.45) is 0 Å². The number of benzene rings is 2. The average molecular weight is 287 g/mol. The molecule has 2 rings (SSSR count). The van der Waals surface area contributed by atoms with Crippen LogP contribution in [0.3, 0.4) is 0 Å². The van der Waals surface area contributed by atoms with Crippen LogP contribution in [0.25, 0.3) is 0 Å². The zero-order chi connectivity index (χ0) is 15.1. The molecule has 2 nitrogen and oxygen atoms in total. The van der Waals surface area contributed by atoms with Crippen LogP contribution in [0, 0.1) is 5.82 Å². The van der Waals surface area contributed by atoms with Gasteiger partial charge in [-0.15, -0.1) is 0 Å². The average Bonchev–Trinajstić information content (AvgIpc) is 2.50. The SMILES string of the molecule is COc1cccc(CCNC(C)Cc2ccc(F)cc2)c1. The van der Waals surface area contributed by atoms with Crippen molar-refractivity contribution in [3.05, 3.63) is 65.5 Å². The van der Waals surface area contributed by atoms with Crippen LogP contribution in [0.4, 0.5) is 4.39 Å². The molecule has 1 unspecified atom stereocenters. The van der Waals surface area contributed by atoms with Gasteiger partial charge in [-0.25, -0.2) is 4.39 Å². The van der Waals surface area contributed by atoms with Gasteiger partial charge in [-0.2, -0.15) is 0 Å². The molecule has 0 aliphatic heterocycles. The van der Waals surface area contributed by atoms with Gasteiger partial charge in [-0.3, -0.25) is 0 Å². The predicted octanol–water partition coefficient (Wildman–Crippen LogP) is 3.60. The largest absolute Gasteiger partial charge is 0.497 e. The first-order chi connectivity index (χ1) is 10.2. The Morgan fingerprint density at radius 2 is 1.86 bits per heavy atom. The summed E-state index contributed by atoms with van der Waals surface area (Å²) < 4.78 is 18.1. The minimum atomic E-state index is -0.183. The Bertz CT molecular complexity index is 553. The van der Waals surface area contributed by atoms with E-state index in [9.17, 15) is 4.39 Å². The molecule has 0 saturated heterocycles. The maximum Gasteiger partial charge on any atom is 0.123 e. The van der Waals surface area contributed by atoms with Crippen LogP contribution in [0.1, 0.15) is 18.1 Å². The first-order valence-electron chi connectivity index (χ1n) is 7.28. The van der Waals surface area contributed by atoms with E-state index >= 15 is 0 Å². The van der Waals surface area contributed by atoms with Crippen molar-refractivity contribution >= 4 is 0 Å². The molecule has 0 saturated carbocycles. The summed E-state index contributed by atoms with van der Waals surface area (Å²) in [5, 5.41) is 3.50. The second kappa shape index (κ2) is 7.79. The van der Waals surface area contributed by atoms with Gasteiger partial charge in [0, 0.05) is 6.04 Å². The molecular weight excluding hydrogens is 265 g/mol. The molecule has 0 bridgehead atoms. The Morgan fingerprint density at radius 1 is 1.10 bits per heavy atom. The summed E-state index contributed by atoms with van der Waals surface area (Å²) >= 11 is 0. The molecule has 0 heterocycles. The number of methoxy groups -OCH3 is 1. The summed E-state index contributed by atoms with van der Waals surface area (Å²) in [4.78, 5) is 0. The van der Waals surface area contributed by atoms with Crippen molar-refractivity contribution < 1.29 is 9.13 Å². The van der Waals surface area contributed by atoms with E-state index in [0.29, 0.717) is 6.04 Å². The lowest BCUT2D eigenvalue weighted by Crippen LogP contribution is -2.29. The van der Waals surface area contributed by atoms with Crippen LogP contribution >= 0.6 is 0 Å². The molecule has 2 aromatic rings. The van der Waals surface area contributed by atoms with Crippen LogP contribution in [0.15, 0.2) is 48.5 Å². The minimum Gasteiger partial charge on any atom is -0.497 e. The molecule has 0 aliphatic carbocycles. The third kappa shape index (κ3) is 5.20. The summed E-state index contributed by atoms with van der Waals surface area (Å²) in [7, 11) is 1.68. The Hall–Kier alpha value is -1.87. The van der Waals surface area contributed by atoms with Crippen LogP contribution in [0.2, 0.25) is 0 Å². The van der Waals surface area contributed by atoms with Gasteiger partial charge >= 0.3 is 0 Å². The van der Waals surface area contributed by atoms with Crippen molar-refractivity contribution in [2.45, 2.75) is 25.8 Å². The fraction of sp³-hybridized carbons (Fsp3) is 0.333. The molecule has 112 valence electrons. The lowest BCUT2D eigenvalue weighted by atomic mass is 10.1. The molecule has 1 N–H and O–H groups in total. The number of halogens is 1. The lowest BCUT2D eigenvalue weighted by molar-refractivity contribution is 0.414. The number of nitrogens with one attached hydrogen (secondary N) is 1. The predicted molar refractivity (Wildman–Crippen MR) is 84.3 cm³/mol. The number of rotatable bonds is 7. The molecule has 0 fully saturated rings. The van der Waals surface area contributed by atoms with Crippen molar-refractivity contribution in [1.82, 2.24) is 5.32 Å². The Morgan fingerprint density at radius 3 is 2.57 bits per heavy atom. The molecule has 3 heteroatoms. The maximum absolute atomic E-state index is 12.9. The smallest absolute Gasteiger partial charge is 0.123 e. The fourth-order valence-corrected chi connectivity index (χ4v) is 2.34. The molecule has 0 aromatic heterocycles. The second-order valence-corrected chi connectivity index (χ2v) is 5.29. The highest BCUT2D eigenvalue weighted by molar-refractivity contribution is 5.28.